The normalized spacial score (nSPS) is 15.4. The molecule has 3 heterocycles. The number of amides is 1. The molecule has 1 aromatic carbocycles. The number of β-amino-alcohol motifs (C(OH)–C–C–N with tert-alkyl or cyclic N) is 1. The van der Waals surface area contributed by atoms with E-state index < -0.39 is 11.9 Å². The van der Waals surface area contributed by atoms with E-state index in [1.807, 2.05) is 0 Å². The number of rotatable bonds is 6. The maximum atomic E-state index is 12.7. The minimum atomic E-state index is -0.638. The summed E-state index contributed by atoms with van der Waals surface area (Å²) in [4.78, 5) is 26.3. The number of hydrogen-bond donors (Lipinski definition) is 2. The topological polar surface area (TPSA) is 141 Å². The molecule has 0 bridgehead atoms. The standard InChI is InChI=1S/C16H16N6O6/c1-26-16(25)9-6-21(2-3-23)15(24)14(9)18-10-4-12-13(28-8-27-12)5-11(10)22-7-17-19-20-22/h4-5,7,18,23H,2-3,6,8H2,1H3. The van der Waals surface area contributed by atoms with Crippen LogP contribution in [0, 0.1) is 0 Å². The van der Waals surface area contributed by atoms with Gasteiger partial charge in [0, 0.05) is 18.7 Å². The number of carbonyl (C=O) groups is 2. The van der Waals surface area contributed by atoms with Crippen LogP contribution >= 0.6 is 0 Å². The van der Waals surface area contributed by atoms with E-state index in [9.17, 15) is 14.7 Å². The Balaban J connectivity index is 1.76. The number of aliphatic hydroxyl groups excluding tert-OH is 1. The van der Waals surface area contributed by atoms with E-state index in [0.717, 1.165) is 0 Å². The van der Waals surface area contributed by atoms with Gasteiger partial charge in [0.15, 0.2) is 11.5 Å². The summed E-state index contributed by atoms with van der Waals surface area (Å²) in [7, 11) is 1.24. The average Bonchev–Trinajstić information content (AvgIpc) is 3.43. The smallest absolute Gasteiger partial charge is 0.337 e. The highest BCUT2D eigenvalue weighted by Crippen LogP contribution is 2.39. The van der Waals surface area contributed by atoms with Crippen molar-refractivity contribution in [3.8, 4) is 17.2 Å². The van der Waals surface area contributed by atoms with E-state index in [4.69, 9.17) is 14.2 Å². The van der Waals surface area contributed by atoms with Crippen LogP contribution in [0.1, 0.15) is 0 Å². The fourth-order valence-electron chi connectivity index (χ4n) is 2.98. The first-order valence-corrected chi connectivity index (χ1v) is 8.28. The Morgan fingerprint density at radius 2 is 2.14 bits per heavy atom. The third-order valence-corrected chi connectivity index (χ3v) is 4.30. The lowest BCUT2D eigenvalue weighted by Gasteiger charge is -2.16. The molecule has 12 nitrogen and oxygen atoms in total. The van der Waals surface area contributed by atoms with Crippen molar-refractivity contribution in [2.75, 3.05) is 38.9 Å². The number of benzene rings is 1. The monoisotopic (exact) mass is 388 g/mol. The number of anilines is 1. The molecule has 2 N–H and O–H groups in total. The van der Waals surface area contributed by atoms with Crippen LogP contribution in [0.15, 0.2) is 29.7 Å². The van der Waals surface area contributed by atoms with Gasteiger partial charge in [0.1, 0.15) is 12.0 Å². The van der Waals surface area contributed by atoms with E-state index in [0.29, 0.717) is 22.9 Å². The Hall–Kier alpha value is -3.67. The SMILES string of the molecule is COC(=O)C1=C(Nc2cc3c(cc2-n2cnnn2)OCO3)C(=O)N(CCO)C1. The number of nitrogens with one attached hydrogen (secondary N) is 1. The van der Waals surface area contributed by atoms with Crippen LogP contribution in [0.5, 0.6) is 11.5 Å². The van der Waals surface area contributed by atoms with E-state index >= 15 is 0 Å². The molecule has 146 valence electrons. The van der Waals surface area contributed by atoms with Crippen molar-refractivity contribution in [1.82, 2.24) is 25.1 Å². The first-order chi connectivity index (χ1) is 13.6. The van der Waals surface area contributed by atoms with Crippen molar-refractivity contribution in [3.05, 3.63) is 29.7 Å². The maximum Gasteiger partial charge on any atom is 0.337 e. The van der Waals surface area contributed by atoms with Crippen molar-refractivity contribution in [2.45, 2.75) is 0 Å². The molecule has 0 spiro atoms. The number of hydrogen-bond acceptors (Lipinski definition) is 10. The van der Waals surface area contributed by atoms with Gasteiger partial charge in [-0.05, 0) is 10.4 Å². The van der Waals surface area contributed by atoms with E-state index in [-0.39, 0.29) is 37.8 Å². The summed E-state index contributed by atoms with van der Waals surface area (Å²) < 4.78 is 17.0. The van der Waals surface area contributed by atoms with Crippen LogP contribution < -0.4 is 14.8 Å². The maximum absolute atomic E-state index is 12.7. The minimum absolute atomic E-state index is 0.0270. The number of nitrogens with zero attached hydrogens (tertiary/aromatic N) is 5. The zero-order valence-corrected chi connectivity index (χ0v) is 14.8. The Bertz CT molecular complexity index is 957. The van der Waals surface area contributed by atoms with Gasteiger partial charge in [-0.1, -0.05) is 0 Å². The first-order valence-electron chi connectivity index (χ1n) is 8.28. The number of carbonyl (C=O) groups excluding carboxylic acids is 2. The van der Waals surface area contributed by atoms with Crippen LogP contribution in [-0.2, 0) is 14.3 Å². The third-order valence-electron chi connectivity index (χ3n) is 4.30. The second kappa shape index (κ2) is 7.15. The Morgan fingerprint density at radius 3 is 2.82 bits per heavy atom. The zero-order chi connectivity index (χ0) is 19.7. The predicted molar refractivity (Wildman–Crippen MR) is 91.6 cm³/mol. The molecule has 12 heteroatoms. The molecular weight excluding hydrogens is 372 g/mol. The Kier molecular flexibility index (Phi) is 4.53. The molecule has 1 amide bonds. The molecule has 1 aromatic heterocycles. The van der Waals surface area contributed by atoms with Gasteiger partial charge in [-0.15, -0.1) is 5.10 Å². The largest absolute Gasteiger partial charge is 0.466 e. The molecule has 0 aliphatic carbocycles. The molecule has 0 saturated carbocycles. The first kappa shape index (κ1) is 17.7. The summed E-state index contributed by atoms with van der Waals surface area (Å²) in [5.74, 6) is -0.106. The Morgan fingerprint density at radius 1 is 1.36 bits per heavy atom. The number of aromatic nitrogens is 4. The molecule has 4 rings (SSSR count). The molecule has 2 aliphatic rings. The molecule has 0 atom stereocenters. The van der Waals surface area contributed by atoms with Crippen molar-refractivity contribution in [3.63, 3.8) is 0 Å². The van der Waals surface area contributed by atoms with E-state index in [2.05, 4.69) is 20.8 Å². The highest BCUT2D eigenvalue weighted by atomic mass is 16.7. The van der Waals surface area contributed by atoms with Gasteiger partial charge in [-0.2, -0.15) is 4.68 Å². The van der Waals surface area contributed by atoms with E-state index in [1.165, 1.54) is 23.0 Å². The lowest BCUT2D eigenvalue weighted by Crippen LogP contribution is -2.31. The van der Waals surface area contributed by atoms with Gasteiger partial charge in [-0.3, -0.25) is 4.79 Å². The molecule has 2 aromatic rings. The lowest BCUT2D eigenvalue weighted by molar-refractivity contribution is -0.136. The number of tetrazole rings is 1. The summed E-state index contributed by atoms with van der Waals surface area (Å²) in [6, 6.07) is 3.29. The van der Waals surface area contributed by atoms with Gasteiger partial charge < -0.3 is 29.5 Å². The Labute approximate surface area is 158 Å². The highest BCUT2D eigenvalue weighted by Gasteiger charge is 2.35. The number of ether oxygens (including phenoxy) is 3. The van der Waals surface area contributed by atoms with Crippen molar-refractivity contribution < 1.29 is 28.9 Å². The van der Waals surface area contributed by atoms with Crippen LogP contribution in [0.3, 0.4) is 0 Å². The third kappa shape index (κ3) is 2.99. The molecule has 0 unspecified atom stereocenters. The summed E-state index contributed by atoms with van der Waals surface area (Å²) in [5.41, 5.74) is 1.11. The summed E-state index contributed by atoms with van der Waals surface area (Å²) in [6.45, 7) is -0.0504. The molecule has 28 heavy (non-hydrogen) atoms. The second-order valence-corrected chi connectivity index (χ2v) is 5.90. The number of esters is 1. The molecular formula is C16H16N6O6. The second-order valence-electron chi connectivity index (χ2n) is 5.90. The fraction of sp³-hybridized carbons (Fsp3) is 0.312. The zero-order valence-electron chi connectivity index (χ0n) is 14.8. The van der Waals surface area contributed by atoms with Crippen LogP contribution in [0.25, 0.3) is 5.69 Å². The van der Waals surface area contributed by atoms with Gasteiger partial charge in [0.2, 0.25) is 6.79 Å². The van der Waals surface area contributed by atoms with Crippen LogP contribution in [0.4, 0.5) is 5.69 Å². The average molecular weight is 388 g/mol. The van der Waals surface area contributed by atoms with Gasteiger partial charge >= 0.3 is 5.97 Å². The molecule has 0 saturated heterocycles. The number of methoxy groups -OCH3 is 1. The summed E-state index contributed by atoms with van der Waals surface area (Å²) in [5, 5.41) is 23.3. The number of aliphatic hydroxyl groups is 1. The summed E-state index contributed by atoms with van der Waals surface area (Å²) >= 11 is 0. The van der Waals surface area contributed by atoms with Crippen molar-refractivity contribution in [2.24, 2.45) is 0 Å². The molecule has 2 aliphatic heterocycles. The molecule has 0 fully saturated rings. The summed E-state index contributed by atoms with van der Waals surface area (Å²) in [6.07, 6.45) is 1.38. The number of fused-ring (bicyclic) bond motifs is 1. The van der Waals surface area contributed by atoms with Crippen LogP contribution in [-0.4, -0.2) is 75.7 Å². The lowest BCUT2D eigenvalue weighted by atomic mass is 10.2. The quantitative estimate of drug-likeness (QED) is 0.596. The van der Waals surface area contributed by atoms with Gasteiger partial charge in [0.25, 0.3) is 5.91 Å². The fourth-order valence-corrected chi connectivity index (χ4v) is 2.98. The van der Waals surface area contributed by atoms with Gasteiger partial charge in [0.05, 0.1) is 37.2 Å². The predicted octanol–water partition coefficient (Wildman–Crippen LogP) is -0.935. The minimum Gasteiger partial charge on any atom is -0.466 e. The van der Waals surface area contributed by atoms with Crippen molar-refractivity contribution >= 4 is 17.6 Å². The van der Waals surface area contributed by atoms with Gasteiger partial charge in [-0.25, -0.2) is 4.79 Å². The highest BCUT2D eigenvalue weighted by molar-refractivity contribution is 6.08. The van der Waals surface area contributed by atoms with Crippen molar-refractivity contribution in [1.29, 1.82) is 0 Å². The van der Waals surface area contributed by atoms with E-state index in [1.54, 1.807) is 12.1 Å². The van der Waals surface area contributed by atoms with Crippen LogP contribution in [0.2, 0.25) is 0 Å². The molecule has 0 radical (unpaired) electrons.